The Labute approximate surface area is 97.5 Å². The van der Waals surface area contributed by atoms with Crippen molar-refractivity contribution in [2.45, 2.75) is 6.61 Å². The molecule has 1 aromatic rings. The van der Waals surface area contributed by atoms with Crippen LogP contribution in [0.4, 0.5) is 0 Å². The van der Waals surface area contributed by atoms with Gasteiger partial charge in [0, 0.05) is 0 Å². The summed E-state index contributed by atoms with van der Waals surface area (Å²) in [6.45, 7) is 0.140. The molecule has 0 aliphatic heterocycles. The van der Waals surface area contributed by atoms with Crippen LogP contribution < -0.4 is 0 Å². The molecule has 0 saturated heterocycles. The predicted molar refractivity (Wildman–Crippen MR) is 59.1 cm³/mol. The summed E-state index contributed by atoms with van der Waals surface area (Å²) in [7, 11) is 0. The Morgan fingerprint density at radius 2 is 1.50 bits per heavy atom. The maximum atomic E-state index is 8.54. The summed E-state index contributed by atoms with van der Waals surface area (Å²) in [5.41, 5.74) is 0.965. The summed E-state index contributed by atoms with van der Waals surface area (Å²) in [5, 5.41) is 8.54. The molecule has 0 bridgehead atoms. The summed E-state index contributed by atoms with van der Waals surface area (Å²) >= 11 is 8.92. The summed E-state index contributed by atoms with van der Waals surface area (Å²) in [6, 6.07) is 9.52. The number of aliphatic hydroxyl groups is 1. The van der Waals surface area contributed by atoms with E-state index in [0.29, 0.717) is 0 Å². The molecule has 1 N–H and O–H groups in total. The molecule has 0 atom stereocenters. The van der Waals surface area contributed by atoms with E-state index in [1.807, 2.05) is 30.3 Å². The van der Waals surface area contributed by atoms with Gasteiger partial charge in [0.2, 0.25) is 0 Å². The van der Waals surface area contributed by atoms with Crippen LogP contribution in [0.5, 0.6) is 0 Å². The molecule has 67 valence electrons. The van der Waals surface area contributed by atoms with Crippen molar-refractivity contribution in [2.24, 2.45) is 0 Å². The van der Waals surface area contributed by atoms with Crippen LogP contribution >= 0.6 is 39.5 Å². The Balaban J connectivity index is 0.000000261. The van der Waals surface area contributed by atoms with Crippen molar-refractivity contribution in [3.63, 3.8) is 0 Å². The van der Waals surface area contributed by atoms with Crippen molar-refractivity contribution in [2.75, 3.05) is 0 Å². The van der Waals surface area contributed by atoms with Crippen LogP contribution in [0.25, 0.3) is 0 Å². The maximum absolute atomic E-state index is 8.54. The predicted octanol–water partition coefficient (Wildman–Crippen LogP) is 3.71. The van der Waals surface area contributed by atoms with Crippen LogP contribution in [0.2, 0.25) is 0 Å². The number of aliphatic hydroxyl groups excluding tert-OH is 1. The first-order valence-electron chi connectivity index (χ1n) is 3.15. The van der Waals surface area contributed by atoms with Gasteiger partial charge in [-0.05, 0) is 5.56 Å². The van der Waals surface area contributed by atoms with E-state index < -0.39 is 11.6 Å². The van der Waals surface area contributed by atoms with Gasteiger partial charge in [0.05, 0.1) is 6.61 Å². The molecule has 0 radical (unpaired) electrons. The number of halogens is 3. The molecule has 0 fully saturated rings. The Morgan fingerprint density at radius 3 is 1.75 bits per heavy atom. The van der Waals surface area contributed by atoms with E-state index in [0.717, 1.165) is 5.56 Å². The zero-order valence-corrected chi connectivity index (χ0v) is 12.5. The van der Waals surface area contributed by atoms with Crippen LogP contribution in [0.3, 0.4) is 0 Å². The molecule has 5 heteroatoms. The van der Waals surface area contributed by atoms with Crippen LogP contribution in [0, 0.1) is 0 Å². The molecule has 0 saturated carbocycles. The van der Waals surface area contributed by atoms with Gasteiger partial charge in [0.25, 0.3) is 0 Å². The average Bonchev–Trinajstić information content (AvgIpc) is 2.05. The second kappa shape index (κ2) is 8.91. The van der Waals surface area contributed by atoms with Crippen molar-refractivity contribution < 1.29 is 16.7 Å². The second-order valence-corrected chi connectivity index (χ2v) is 25.5. The Kier molecular flexibility index (Phi) is 9.90. The fourth-order valence-electron chi connectivity index (χ4n) is 0.583. The van der Waals surface area contributed by atoms with Crippen LogP contribution in [-0.4, -0.2) is 5.11 Å². The minimum atomic E-state index is -0.896. The molecule has 0 aliphatic carbocycles. The molecule has 0 unspecified atom stereocenters. The number of benzene rings is 1. The summed E-state index contributed by atoms with van der Waals surface area (Å²) in [6.07, 6.45) is 0. The van der Waals surface area contributed by atoms with Crippen molar-refractivity contribution in [1.29, 1.82) is 0 Å². The molecule has 0 aliphatic rings. The average molecular weight is 396 g/mol. The summed E-state index contributed by atoms with van der Waals surface area (Å²) < 4.78 is 0. The Hall–Kier alpha value is 1.33. The molecule has 0 heterocycles. The van der Waals surface area contributed by atoms with E-state index >= 15 is 0 Å². The Morgan fingerprint density at radius 1 is 1.08 bits per heavy atom. The van der Waals surface area contributed by atoms with E-state index in [1.165, 1.54) is 0 Å². The van der Waals surface area contributed by atoms with E-state index in [9.17, 15) is 0 Å². The van der Waals surface area contributed by atoms with Gasteiger partial charge < -0.3 is 5.11 Å². The zero-order valence-electron chi connectivity index (χ0n) is 6.17. The monoisotopic (exact) mass is 393 g/mol. The van der Waals surface area contributed by atoms with Crippen molar-refractivity contribution >= 4 is 39.5 Å². The second-order valence-electron chi connectivity index (χ2n) is 1.86. The number of rotatable bonds is 1. The van der Waals surface area contributed by atoms with Gasteiger partial charge in [-0.15, -0.1) is 0 Å². The van der Waals surface area contributed by atoms with Gasteiger partial charge >= 0.3 is 51.1 Å². The van der Waals surface area contributed by atoms with Crippen LogP contribution in [0.1, 0.15) is 5.56 Å². The molecule has 0 amide bonds. The quantitative estimate of drug-likeness (QED) is 0.719. The third-order valence-electron chi connectivity index (χ3n) is 1.03. The third-order valence-corrected chi connectivity index (χ3v) is 1.03. The molecule has 12 heavy (non-hydrogen) atoms. The first kappa shape index (κ1) is 13.3. The van der Waals surface area contributed by atoms with Crippen LogP contribution in [-0.2, 0) is 18.2 Å². The van der Waals surface area contributed by atoms with E-state index in [-0.39, 0.29) is 6.61 Å². The fraction of sp³-hybridized carbons (Fsp3) is 0.143. The van der Waals surface area contributed by atoms with Gasteiger partial charge in [-0.3, -0.25) is 0 Å². The first-order valence-corrected chi connectivity index (χ1v) is 14.7. The van der Waals surface area contributed by atoms with E-state index in [2.05, 4.69) is 39.5 Å². The van der Waals surface area contributed by atoms with Crippen molar-refractivity contribution in [1.82, 2.24) is 0 Å². The van der Waals surface area contributed by atoms with Gasteiger partial charge in [0.1, 0.15) is 0 Å². The molecule has 1 nitrogen and oxygen atoms in total. The zero-order chi connectivity index (χ0) is 9.40. The van der Waals surface area contributed by atoms with E-state index in [4.69, 9.17) is 5.11 Å². The summed E-state index contributed by atoms with van der Waals surface area (Å²) in [4.78, 5) is 0. The van der Waals surface area contributed by atoms with Gasteiger partial charge in [-0.1, -0.05) is 30.3 Å². The van der Waals surface area contributed by atoms with Crippen molar-refractivity contribution in [3.8, 4) is 0 Å². The fourth-order valence-corrected chi connectivity index (χ4v) is 0.583. The van der Waals surface area contributed by atoms with Gasteiger partial charge in [0.15, 0.2) is 0 Å². The minimum absolute atomic E-state index is 0.140. The first-order chi connectivity index (χ1) is 5.66. The van der Waals surface area contributed by atoms with Gasteiger partial charge in [-0.2, -0.15) is 0 Å². The normalized spacial score (nSPS) is 8.33. The molecule has 1 rings (SSSR count). The standard InChI is InChI=1S/C7H8O.3BrH.Ti/c8-6-7-4-2-1-3-5-7;;;;/h1-5,8H,6H2;3*1H;/q;;;;+3/p-3. The van der Waals surface area contributed by atoms with Gasteiger partial charge in [-0.25, -0.2) is 0 Å². The molecular formula is C7H8Br3OTi. The number of hydrogen-bond donors (Lipinski definition) is 1. The van der Waals surface area contributed by atoms with Crippen LogP contribution in [0.15, 0.2) is 30.3 Å². The Bertz CT molecular complexity index is 190. The molecule has 1 aromatic carbocycles. The molecule has 0 spiro atoms. The topological polar surface area (TPSA) is 20.2 Å². The molecular weight excluding hydrogens is 388 g/mol. The third kappa shape index (κ3) is 9.42. The number of hydrogen-bond acceptors (Lipinski definition) is 1. The SMILES string of the molecule is OCc1ccccc1.[Br][Ti]([Br])[Br]. The van der Waals surface area contributed by atoms with Crippen molar-refractivity contribution in [3.05, 3.63) is 35.9 Å². The van der Waals surface area contributed by atoms with E-state index in [1.54, 1.807) is 0 Å². The molecule has 0 aromatic heterocycles. The summed E-state index contributed by atoms with van der Waals surface area (Å²) in [5.74, 6) is 0.